The molecule has 0 saturated carbocycles. The molecule has 4 N–H and O–H groups in total. The van der Waals surface area contributed by atoms with Crippen molar-refractivity contribution in [2.45, 2.75) is 0 Å². The van der Waals surface area contributed by atoms with Gasteiger partial charge in [0.25, 0.3) is 0 Å². The van der Waals surface area contributed by atoms with Crippen molar-refractivity contribution in [3.05, 3.63) is 0 Å². The van der Waals surface area contributed by atoms with Gasteiger partial charge in [0.05, 0.1) is 0 Å². The predicted molar refractivity (Wildman–Crippen MR) is 17.7 cm³/mol. The Morgan fingerprint density at radius 2 is 0.889 bits per heavy atom. The van der Waals surface area contributed by atoms with E-state index in [1.54, 1.807) is 0 Å². The summed E-state index contributed by atoms with van der Waals surface area (Å²) in [6.07, 6.45) is 0. The van der Waals surface area contributed by atoms with Crippen molar-refractivity contribution in [2.24, 2.45) is 0 Å². The van der Waals surface area contributed by atoms with Gasteiger partial charge >= 0.3 is 34.1 Å². The maximum absolute atomic E-state index is 8.52. The largest absolute Gasteiger partial charge is 1.00 e. The molecule has 0 aromatic rings. The van der Waals surface area contributed by atoms with Crippen LogP contribution in [-0.4, -0.2) is 28.5 Å². The average Bonchev–Trinajstić information content (AvgIpc) is 0.722. The summed E-state index contributed by atoms with van der Waals surface area (Å²) in [6, 6.07) is 0. The van der Waals surface area contributed by atoms with Crippen LogP contribution in [0.4, 0.5) is 0 Å². The molecule has 0 fully saturated rings. The Balaban J connectivity index is -0.0000000133. The minimum Gasteiger partial charge on any atom is -0.759 e. The van der Waals surface area contributed by atoms with E-state index >= 15 is 0 Å². The van der Waals surface area contributed by atoms with Crippen LogP contribution in [0.5, 0.6) is 0 Å². The van der Waals surface area contributed by atoms with Crippen molar-refractivity contribution in [1.82, 2.24) is 0 Å². The van der Waals surface area contributed by atoms with Crippen LogP contribution in [-0.2, 0) is 44.5 Å². The summed E-state index contributed by atoms with van der Waals surface area (Å²) in [5.41, 5.74) is 0. The maximum Gasteiger partial charge on any atom is 1.00 e. The van der Waals surface area contributed by atoms with Crippen LogP contribution in [0.25, 0.3) is 0 Å². The van der Waals surface area contributed by atoms with E-state index in [4.69, 9.17) is 17.5 Å². The van der Waals surface area contributed by atoms with Gasteiger partial charge in [0.1, 0.15) is 0 Å². The predicted octanol–water partition coefficient (Wildman–Crippen LogP) is -2.99. The first-order valence-corrected chi connectivity index (χ1v) is 2.00. The van der Waals surface area contributed by atoms with Crippen LogP contribution in [0.2, 0.25) is 0 Å². The minimum absolute atomic E-state index is 0. The van der Waals surface area contributed by atoms with Crippen molar-refractivity contribution in [1.29, 1.82) is 0 Å². The van der Waals surface area contributed by atoms with Crippen molar-refractivity contribution in [3.8, 4) is 0 Å². The molecule has 68 valence electrons. The summed E-state index contributed by atoms with van der Waals surface area (Å²) in [7, 11) is -5.17. The number of rotatable bonds is 0. The van der Waals surface area contributed by atoms with Crippen LogP contribution in [0, 0.1) is 0 Å². The fraction of sp³-hybridized carbons (Fsp3) is 0. The van der Waals surface area contributed by atoms with Gasteiger partial charge in [0, 0.05) is 10.4 Å². The molecular weight excluding hydrogens is 255 g/mol. The third-order valence-corrected chi connectivity index (χ3v) is 0. The SMILES string of the molecule is O.O.O=S(=O)([O-])[O-].[Cu+].[Cu+]. The fourth-order valence-corrected chi connectivity index (χ4v) is 0. The molecule has 9 heteroatoms. The van der Waals surface area contributed by atoms with E-state index in [0.29, 0.717) is 0 Å². The molecule has 9 heavy (non-hydrogen) atoms. The average molecular weight is 259 g/mol. The number of hydrogen-bond donors (Lipinski definition) is 0. The normalized spacial score (nSPS) is 6.44. The molecule has 0 bridgehead atoms. The van der Waals surface area contributed by atoms with Gasteiger partial charge < -0.3 is 20.1 Å². The van der Waals surface area contributed by atoms with E-state index in [-0.39, 0.29) is 45.1 Å². The van der Waals surface area contributed by atoms with Gasteiger partial charge in [0.15, 0.2) is 0 Å². The van der Waals surface area contributed by atoms with Crippen LogP contribution >= 0.6 is 0 Å². The molecular formula is H4Cu2O6S. The van der Waals surface area contributed by atoms with Gasteiger partial charge in [-0.15, -0.1) is 0 Å². The van der Waals surface area contributed by atoms with Crippen molar-refractivity contribution < 1.29 is 62.6 Å². The molecule has 6 nitrogen and oxygen atoms in total. The second-order valence-corrected chi connectivity index (χ2v) is 1.22. The molecule has 0 amide bonds. The van der Waals surface area contributed by atoms with Gasteiger partial charge in [0.2, 0.25) is 0 Å². The van der Waals surface area contributed by atoms with Gasteiger partial charge in [-0.1, -0.05) is 0 Å². The van der Waals surface area contributed by atoms with Gasteiger partial charge in [-0.2, -0.15) is 0 Å². The van der Waals surface area contributed by atoms with Crippen molar-refractivity contribution in [3.63, 3.8) is 0 Å². The van der Waals surface area contributed by atoms with Crippen molar-refractivity contribution >= 4 is 10.4 Å². The topological polar surface area (TPSA) is 143 Å². The van der Waals surface area contributed by atoms with Crippen LogP contribution in [0.15, 0.2) is 0 Å². The molecule has 0 aromatic carbocycles. The first-order valence-electron chi connectivity index (χ1n) is 0.667. The quantitative estimate of drug-likeness (QED) is 0.259. The summed E-state index contributed by atoms with van der Waals surface area (Å²) >= 11 is 0. The molecule has 0 heterocycles. The first-order chi connectivity index (χ1) is 2.00. The van der Waals surface area contributed by atoms with Crippen molar-refractivity contribution in [2.75, 3.05) is 0 Å². The van der Waals surface area contributed by atoms with E-state index < -0.39 is 10.4 Å². The fourth-order valence-electron chi connectivity index (χ4n) is 0. The summed E-state index contributed by atoms with van der Waals surface area (Å²) in [4.78, 5) is 0. The van der Waals surface area contributed by atoms with Crippen LogP contribution in [0.3, 0.4) is 0 Å². The zero-order chi connectivity index (χ0) is 4.50. The first kappa shape index (κ1) is 32.9. The van der Waals surface area contributed by atoms with Crippen LogP contribution in [0.1, 0.15) is 0 Å². The molecule has 0 aromatic heterocycles. The Morgan fingerprint density at radius 3 is 0.889 bits per heavy atom. The van der Waals surface area contributed by atoms with Gasteiger partial charge in [-0.3, -0.25) is 8.42 Å². The van der Waals surface area contributed by atoms with E-state index in [2.05, 4.69) is 0 Å². The summed E-state index contributed by atoms with van der Waals surface area (Å²) in [5.74, 6) is 0. The smallest absolute Gasteiger partial charge is 0.759 e. The Hall–Kier alpha value is 0.829. The van der Waals surface area contributed by atoms with Gasteiger partial charge in [-0.25, -0.2) is 0 Å². The Labute approximate surface area is 73.2 Å². The molecule has 0 rings (SSSR count). The second-order valence-electron chi connectivity index (χ2n) is 0.408. The molecule has 0 aliphatic rings. The summed E-state index contributed by atoms with van der Waals surface area (Å²) in [6.45, 7) is 0. The zero-order valence-corrected chi connectivity index (χ0v) is 6.34. The van der Waals surface area contributed by atoms with E-state index in [1.165, 1.54) is 0 Å². The molecule has 0 radical (unpaired) electrons. The van der Waals surface area contributed by atoms with Crippen LogP contribution < -0.4 is 0 Å². The standard InChI is InChI=1S/2Cu.H2O4S.2H2O/c;;1-5(2,3)4;;/h;;(H2,1,2,3,4);2*1H2/q2*+1;;;/p-2. The monoisotopic (exact) mass is 258 g/mol. The van der Waals surface area contributed by atoms with E-state index in [0.717, 1.165) is 0 Å². The molecule has 0 saturated heterocycles. The Bertz CT molecular complexity index is 94.2. The molecule has 0 atom stereocenters. The maximum atomic E-state index is 8.52. The third kappa shape index (κ3) is 599. The summed E-state index contributed by atoms with van der Waals surface area (Å²) in [5, 5.41) is 0. The molecule has 0 unspecified atom stereocenters. The molecule has 0 spiro atoms. The molecule has 0 aliphatic carbocycles. The minimum atomic E-state index is -5.17. The Kier molecular flexibility index (Phi) is 42.4. The summed E-state index contributed by atoms with van der Waals surface area (Å²) < 4.78 is 34.1. The number of hydrogen-bond acceptors (Lipinski definition) is 4. The zero-order valence-electron chi connectivity index (χ0n) is 3.64. The van der Waals surface area contributed by atoms with E-state index in [9.17, 15) is 0 Å². The van der Waals surface area contributed by atoms with Gasteiger partial charge in [-0.05, 0) is 0 Å². The molecule has 0 aliphatic heterocycles. The second kappa shape index (κ2) is 11.6. The van der Waals surface area contributed by atoms with E-state index in [1.807, 2.05) is 0 Å². The third-order valence-electron chi connectivity index (χ3n) is 0. The Morgan fingerprint density at radius 1 is 0.889 bits per heavy atom.